The highest BCUT2D eigenvalue weighted by Crippen LogP contribution is 1.97. The second-order valence-corrected chi connectivity index (χ2v) is 2.01. The lowest BCUT2D eigenvalue weighted by atomic mass is 10.4. The molecule has 0 rings (SSSR count). The van der Waals surface area contributed by atoms with Crippen molar-refractivity contribution in [3.63, 3.8) is 0 Å². The van der Waals surface area contributed by atoms with E-state index in [0.29, 0.717) is 12.8 Å². The van der Waals surface area contributed by atoms with Gasteiger partial charge in [0.05, 0.1) is 0 Å². The lowest BCUT2D eigenvalue weighted by Gasteiger charge is -2.00. The molecule has 0 aromatic rings. The van der Waals surface area contributed by atoms with E-state index in [2.05, 4.69) is 10.2 Å². The van der Waals surface area contributed by atoms with E-state index >= 15 is 0 Å². The first-order valence-corrected chi connectivity index (χ1v) is 3.46. The first-order chi connectivity index (χ1) is 4.70. The fraction of sp³-hybridized carbons (Fsp3) is 1.00. The number of hydrogen-bond acceptors (Lipinski definition) is 4. The Morgan fingerprint density at radius 1 is 1.00 bits per heavy atom. The topological polar surface area (TPSA) is 65.2 Å². The number of hydrogen-bond donors (Lipinski definition) is 2. The fourth-order valence-corrected chi connectivity index (χ4v) is 0.317. The van der Waals surface area contributed by atoms with Gasteiger partial charge in [0.25, 0.3) is 0 Å². The Kier molecular flexibility index (Phi) is 5.06. The molecule has 0 saturated heterocycles. The van der Waals surface area contributed by atoms with Crippen molar-refractivity contribution in [1.82, 2.24) is 0 Å². The van der Waals surface area contributed by atoms with Crippen LogP contribution >= 0.6 is 0 Å². The number of aliphatic hydroxyl groups is 2. The van der Waals surface area contributed by atoms with E-state index in [0.717, 1.165) is 0 Å². The van der Waals surface area contributed by atoms with Gasteiger partial charge in [-0.25, -0.2) is 0 Å². The molecule has 0 bridgehead atoms. The van der Waals surface area contributed by atoms with Gasteiger partial charge in [-0.1, -0.05) is 13.8 Å². The predicted molar refractivity (Wildman–Crippen MR) is 37.5 cm³/mol. The summed E-state index contributed by atoms with van der Waals surface area (Å²) in [7, 11) is 0. The van der Waals surface area contributed by atoms with E-state index in [9.17, 15) is 0 Å². The minimum absolute atomic E-state index is 0.528. The van der Waals surface area contributed by atoms with Gasteiger partial charge in [-0.2, -0.15) is 10.2 Å². The summed E-state index contributed by atoms with van der Waals surface area (Å²) in [5.74, 6) is 0. The third-order valence-electron chi connectivity index (χ3n) is 1.06. The number of nitrogens with zero attached hydrogens (tertiary/aromatic N) is 2. The second kappa shape index (κ2) is 5.32. The van der Waals surface area contributed by atoms with Gasteiger partial charge in [-0.05, 0) is 12.8 Å². The standard InChI is InChI=1S/C6H14N2O2/c1-3-5(9)7-8-6(10)4-2/h5-6,9-10H,3-4H2,1-2H3. The van der Waals surface area contributed by atoms with Crippen LogP contribution in [0.5, 0.6) is 0 Å². The maximum Gasteiger partial charge on any atom is 0.165 e. The summed E-state index contributed by atoms with van der Waals surface area (Å²) in [4.78, 5) is 0. The molecule has 0 aromatic carbocycles. The van der Waals surface area contributed by atoms with Crippen LogP contribution in [0, 0.1) is 0 Å². The van der Waals surface area contributed by atoms with Crippen molar-refractivity contribution in [2.45, 2.75) is 39.1 Å². The van der Waals surface area contributed by atoms with Crippen LogP contribution in [0.4, 0.5) is 0 Å². The van der Waals surface area contributed by atoms with E-state index in [4.69, 9.17) is 10.2 Å². The van der Waals surface area contributed by atoms with Crippen molar-refractivity contribution in [2.24, 2.45) is 10.2 Å². The summed E-state index contributed by atoms with van der Waals surface area (Å²) < 4.78 is 0. The van der Waals surface area contributed by atoms with Crippen molar-refractivity contribution in [3.8, 4) is 0 Å². The van der Waals surface area contributed by atoms with Gasteiger partial charge in [0.2, 0.25) is 0 Å². The molecule has 4 heteroatoms. The normalized spacial score (nSPS) is 17.6. The molecule has 0 aliphatic rings. The van der Waals surface area contributed by atoms with Crippen LogP contribution in [-0.4, -0.2) is 22.7 Å². The SMILES string of the molecule is CCC(O)N=NC(O)CC. The largest absolute Gasteiger partial charge is 0.370 e. The highest BCUT2D eigenvalue weighted by Gasteiger charge is 1.98. The van der Waals surface area contributed by atoms with Crippen LogP contribution in [0.3, 0.4) is 0 Å². The Balaban J connectivity index is 3.52. The maximum absolute atomic E-state index is 8.83. The third-order valence-corrected chi connectivity index (χ3v) is 1.06. The highest BCUT2D eigenvalue weighted by molar-refractivity contribution is 4.46. The summed E-state index contributed by atoms with van der Waals surface area (Å²) in [6, 6.07) is 0. The molecular formula is C6H14N2O2. The molecule has 0 spiro atoms. The summed E-state index contributed by atoms with van der Waals surface area (Å²) >= 11 is 0. The van der Waals surface area contributed by atoms with E-state index in [1.165, 1.54) is 0 Å². The average Bonchev–Trinajstić information content (AvgIpc) is 1.99. The van der Waals surface area contributed by atoms with Crippen molar-refractivity contribution in [3.05, 3.63) is 0 Å². The molecule has 0 saturated carbocycles. The van der Waals surface area contributed by atoms with Gasteiger partial charge in [0.1, 0.15) is 0 Å². The molecule has 0 aliphatic heterocycles. The molecule has 0 aliphatic carbocycles. The number of azo groups is 1. The molecule has 0 fully saturated rings. The third kappa shape index (κ3) is 4.40. The smallest absolute Gasteiger partial charge is 0.165 e. The van der Waals surface area contributed by atoms with Gasteiger partial charge in [-0.3, -0.25) is 0 Å². The maximum atomic E-state index is 8.83. The van der Waals surface area contributed by atoms with Crippen LogP contribution in [0.1, 0.15) is 26.7 Å². The Hall–Kier alpha value is -0.480. The van der Waals surface area contributed by atoms with Crippen molar-refractivity contribution >= 4 is 0 Å². The minimum atomic E-state index is -0.763. The lowest BCUT2D eigenvalue weighted by molar-refractivity contribution is 0.135. The van der Waals surface area contributed by atoms with Gasteiger partial charge in [0.15, 0.2) is 12.5 Å². The molecule has 0 heterocycles. The van der Waals surface area contributed by atoms with Gasteiger partial charge >= 0.3 is 0 Å². The Labute approximate surface area is 60.6 Å². The molecule has 2 unspecified atom stereocenters. The fourth-order valence-electron chi connectivity index (χ4n) is 0.317. The molecule has 2 N–H and O–H groups in total. The zero-order valence-electron chi connectivity index (χ0n) is 6.36. The zero-order chi connectivity index (χ0) is 7.98. The number of rotatable bonds is 4. The molecule has 0 aromatic heterocycles. The van der Waals surface area contributed by atoms with Gasteiger partial charge < -0.3 is 10.2 Å². The summed E-state index contributed by atoms with van der Waals surface area (Å²) in [5.41, 5.74) is 0. The van der Waals surface area contributed by atoms with E-state index in [1.807, 2.05) is 0 Å². The molecular weight excluding hydrogens is 132 g/mol. The monoisotopic (exact) mass is 146 g/mol. The Morgan fingerprint density at radius 2 is 1.30 bits per heavy atom. The summed E-state index contributed by atoms with van der Waals surface area (Å²) in [6.45, 7) is 3.59. The van der Waals surface area contributed by atoms with E-state index in [1.54, 1.807) is 13.8 Å². The van der Waals surface area contributed by atoms with Crippen LogP contribution in [-0.2, 0) is 0 Å². The van der Waals surface area contributed by atoms with Gasteiger partial charge in [0, 0.05) is 0 Å². The molecule has 0 amide bonds. The highest BCUT2D eigenvalue weighted by atomic mass is 16.3. The molecule has 2 atom stereocenters. The first-order valence-electron chi connectivity index (χ1n) is 3.46. The van der Waals surface area contributed by atoms with Crippen LogP contribution < -0.4 is 0 Å². The molecule has 60 valence electrons. The van der Waals surface area contributed by atoms with E-state index in [-0.39, 0.29) is 0 Å². The minimum Gasteiger partial charge on any atom is -0.370 e. The summed E-state index contributed by atoms with van der Waals surface area (Å²) in [6.07, 6.45) is -0.470. The summed E-state index contributed by atoms with van der Waals surface area (Å²) in [5, 5.41) is 24.5. The van der Waals surface area contributed by atoms with Crippen molar-refractivity contribution in [1.29, 1.82) is 0 Å². The van der Waals surface area contributed by atoms with Crippen LogP contribution in [0.2, 0.25) is 0 Å². The first kappa shape index (κ1) is 9.52. The molecule has 4 nitrogen and oxygen atoms in total. The van der Waals surface area contributed by atoms with Crippen LogP contribution in [0.25, 0.3) is 0 Å². The number of aliphatic hydroxyl groups excluding tert-OH is 2. The zero-order valence-corrected chi connectivity index (χ0v) is 6.36. The Morgan fingerprint density at radius 3 is 1.50 bits per heavy atom. The Bertz CT molecular complexity index is 93.9. The lowest BCUT2D eigenvalue weighted by Crippen LogP contribution is -2.03. The predicted octanol–water partition coefficient (Wildman–Crippen LogP) is 0.895. The average molecular weight is 146 g/mol. The van der Waals surface area contributed by atoms with Gasteiger partial charge in [-0.15, -0.1) is 0 Å². The second-order valence-electron chi connectivity index (χ2n) is 2.01. The molecule has 10 heavy (non-hydrogen) atoms. The molecule has 0 radical (unpaired) electrons. The van der Waals surface area contributed by atoms with Crippen molar-refractivity contribution in [2.75, 3.05) is 0 Å². The van der Waals surface area contributed by atoms with Crippen molar-refractivity contribution < 1.29 is 10.2 Å². The quantitative estimate of drug-likeness (QED) is 0.578. The van der Waals surface area contributed by atoms with Crippen LogP contribution in [0.15, 0.2) is 10.2 Å². The van der Waals surface area contributed by atoms with E-state index < -0.39 is 12.5 Å².